The average molecular weight is 337 g/mol. The van der Waals surface area contributed by atoms with Gasteiger partial charge in [0.25, 0.3) is 5.91 Å². The second-order valence-corrected chi connectivity index (χ2v) is 6.85. The number of thiocarbonyl (C=S) groups is 1. The second kappa shape index (κ2) is 6.50. The van der Waals surface area contributed by atoms with Gasteiger partial charge < -0.3 is 10.2 Å². The molecule has 2 N–H and O–H groups in total. The van der Waals surface area contributed by atoms with Crippen molar-refractivity contribution >= 4 is 46.3 Å². The Morgan fingerprint density at radius 3 is 2.41 bits per heavy atom. The lowest BCUT2D eigenvalue weighted by Gasteiger charge is -2.26. The Morgan fingerprint density at radius 1 is 1.32 bits per heavy atom. The smallest absolute Gasteiger partial charge is 0.327 e. The summed E-state index contributed by atoms with van der Waals surface area (Å²) < 4.78 is 0.246. The molecule has 0 spiro atoms. The van der Waals surface area contributed by atoms with E-state index in [4.69, 9.17) is 12.2 Å². The van der Waals surface area contributed by atoms with Gasteiger partial charge in [0.15, 0.2) is 0 Å². The third kappa shape index (κ3) is 3.31. The van der Waals surface area contributed by atoms with Gasteiger partial charge in [0.05, 0.1) is 4.91 Å². The van der Waals surface area contributed by atoms with Gasteiger partial charge in [0, 0.05) is 0 Å². The Morgan fingerprint density at radius 2 is 1.91 bits per heavy atom. The van der Waals surface area contributed by atoms with E-state index in [-0.39, 0.29) is 16.0 Å². The molecule has 2 rings (SSSR count). The summed E-state index contributed by atoms with van der Waals surface area (Å²) in [5.74, 6) is -1.59. The summed E-state index contributed by atoms with van der Waals surface area (Å²) in [5.41, 5.74) is 0.731. The lowest BCUT2D eigenvalue weighted by atomic mass is 10.0. The molecular formula is C15H15NO4S2. The average Bonchev–Trinajstić information content (AvgIpc) is 2.69. The van der Waals surface area contributed by atoms with E-state index in [9.17, 15) is 19.8 Å². The molecular weight excluding hydrogens is 322 g/mol. The summed E-state index contributed by atoms with van der Waals surface area (Å²) >= 11 is 6.26. The number of phenolic OH excluding ortho intramolecular Hbond substituents is 1. The van der Waals surface area contributed by atoms with Gasteiger partial charge >= 0.3 is 5.97 Å². The Labute approximate surface area is 137 Å². The zero-order chi connectivity index (χ0) is 16.4. The molecule has 5 nitrogen and oxygen atoms in total. The fourth-order valence-electron chi connectivity index (χ4n) is 2.14. The maximum absolute atomic E-state index is 12.5. The Bertz CT molecular complexity index is 652. The molecule has 1 aromatic carbocycles. The largest absolute Gasteiger partial charge is 0.508 e. The molecule has 0 radical (unpaired) electrons. The molecule has 116 valence electrons. The van der Waals surface area contributed by atoms with Crippen molar-refractivity contribution in [3.63, 3.8) is 0 Å². The molecule has 1 saturated heterocycles. The second-order valence-electron chi connectivity index (χ2n) is 5.17. The van der Waals surface area contributed by atoms with Crippen LogP contribution in [0.2, 0.25) is 0 Å². The summed E-state index contributed by atoms with van der Waals surface area (Å²) in [5, 5.41) is 18.6. The highest BCUT2D eigenvalue weighted by atomic mass is 32.2. The number of nitrogens with zero attached hydrogens (tertiary/aromatic N) is 1. The molecule has 1 aliphatic rings. The van der Waals surface area contributed by atoms with Gasteiger partial charge in [0.1, 0.15) is 16.1 Å². The maximum atomic E-state index is 12.5. The molecule has 1 aromatic rings. The van der Waals surface area contributed by atoms with Gasteiger partial charge in [-0.15, -0.1) is 0 Å². The fraction of sp³-hybridized carbons (Fsp3) is 0.267. The number of hydrogen-bond acceptors (Lipinski definition) is 5. The van der Waals surface area contributed by atoms with Gasteiger partial charge in [-0.3, -0.25) is 9.69 Å². The van der Waals surface area contributed by atoms with Crippen molar-refractivity contribution < 1.29 is 19.8 Å². The van der Waals surface area contributed by atoms with E-state index in [0.717, 1.165) is 17.3 Å². The summed E-state index contributed by atoms with van der Waals surface area (Å²) in [6.07, 6.45) is 1.64. The minimum absolute atomic E-state index is 0.135. The van der Waals surface area contributed by atoms with Crippen LogP contribution in [0.15, 0.2) is 29.2 Å². The molecule has 1 fully saturated rings. The van der Waals surface area contributed by atoms with Crippen LogP contribution in [-0.4, -0.2) is 37.4 Å². The first-order valence-electron chi connectivity index (χ1n) is 6.60. The van der Waals surface area contributed by atoms with Crippen LogP contribution in [0.5, 0.6) is 5.75 Å². The van der Waals surface area contributed by atoms with E-state index in [2.05, 4.69) is 0 Å². The molecule has 1 atom stereocenters. The van der Waals surface area contributed by atoms with E-state index >= 15 is 0 Å². The van der Waals surface area contributed by atoms with Crippen LogP contribution < -0.4 is 0 Å². The number of aliphatic carboxylic acids is 1. The topological polar surface area (TPSA) is 77.8 Å². The van der Waals surface area contributed by atoms with Crippen LogP contribution in [0.1, 0.15) is 19.4 Å². The molecule has 0 bridgehead atoms. The monoisotopic (exact) mass is 337 g/mol. The SMILES string of the molecule is CC(C)C(C(=O)O)N1C(=O)/C(=C/c2ccc(O)cc2)SC1=S. The zero-order valence-corrected chi connectivity index (χ0v) is 13.6. The molecule has 1 amide bonds. The fourth-order valence-corrected chi connectivity index (χ4v) is 3.46. The van der Waals surface area contributed by atoms with Crippen molar-refractivity contribution in [2.24, 2.45) is 5.92 Å². The zero-order valence-electron chi connectivity index (χ0n) is 12.0. The number of hydrogen-bond donors (Lipinski definition) is 2. The van der Waals surface area contributed by atoms with Gasteiger partial charge in [-0.1, -0.05) is 50.0 Å². The predicted molar refractivity (Wildman–Crippen MR) is 89.4 cm³/mol. The van der Waals surface area contributed by atoms with Crippen LogP contribution in [0, 0.1) is 5.92 Å². The summed E-state index contributed by atoms with van der Waals surface area (Å²) in [6, 6.07) is 5.39. The van der Waals surface area contributed by atoms with E-state index in [1.54, 1.807) is 32.1 Å². The third-order valence-electron chi connectivity index (χ3n) is 3.18. The van der Waals surface area contributed by atoms with Crippen LogP contribution in [-0.2, 0) is 9.59 Å². The number of carbonyl (C=O) groups excluding carboxylic acids is 1. The van der Waals surface area contributed by atoms with Crippen LogP contribution in [0.25, 0.3) is 6.08 Å². The number of thioether (sulfide) groups is 1. The third-order valence-corrected chi connectivity index (χ3v) is 4.51. The van der Waals surface area contributed by atoms with Crippen molar-refractivity contribution in [3.05, 3.63) is 34.7 Å². The first-order valence-corrected chi connectivity index (χ1v) is 7.82. The molecule has 7 heteroatoms. The van der Waals surface area contributed by atoms with Crippen molar-refractivity contribution in [2.75, 3.05) is 0 Å². The number of carboxylic acids is 1. The van der Waals surface area contributed by atoms with E-state index in [1.807, 2.05) is 0 Å². The predicted octanol–water partition coefficient (Wildman–Crippen LogP) is 2.70. The Hall–Kier alpha value is -1.86. The van der Waals surface area contributed by atoms with Crippen molar-refractivity contribution in [1.29, 1.82) is 0 Å². The van der Waals surface area contributed by atoms with Crippen LogP contribution >= 0.6 is 24.0 Å². The summed E-state index contributed by atoms with van der Waals surface area (Å²) in [6.45, 7) is 3.47. The minimum atomic E-state index is -1.07. The van der Waals surface area contributed by atoms with Crippen molar-refractivity contribution in [3.8, 4) is 5.75 Å². The van der Waals surface area contributed by atoms with Crippen molar-refractivity contribution in [2.45, 2.75) is 19.9 Å². The standard InChI is InChI=1S/C15H15NO4S2/c1-8(2)12(14(19)20)16-13(18)11(22-15(16)21)7-9-3-5-10(17)6-4-9/h3-8,12,17H,1-2H3,(H,19,20)/b11-7-. The molecule has 1 unspecified atom stereocenters. The minimum Gasteiger partial charge on any atom is -0.508 e. The highest BCUT2D eigenvalue weighted by Crippen LogP contribution is 2.35. The maximum Gasteiger partial charge on any atom is 0.327 e. The number of carbonyl (C=O) groups is 2. The lowest BCUT2D eigenvalue weighted by molar-refractivity contribution is -0.146. The van der Waals surface area contributed by atoms with E-state index in [0.29, 0.717) is 4.91 Å². The number of rotatable bonds is 4. The van der Waals surface area contributed by atoms with E-state index in [1.165, 1.54) is 17.0 Å². The molecule has 0 aromatic heterocycles. The molecule has 22 heavy (non-hydrogen) atoms. The molecule has 1 heterocycles. The summed E-state index contributed by atoms with van der Waals surface area (Å²) in [7, 11) is 0. The van der Waals surface area contributed by atoms with Gasteiger partial charge in [-0.2, -0.15) is 0 Å². The number of carboxylic acid groups (broad SMARTS) is 1. The Kier molecular flexibility index (Phi) is 4.87. The van der Waals surface area contributed by atoms with Crippen LogP contribution in [0.4, 0.5) is 0 Å². The van der Waals surface area contributed by atoms with Crippen LogP contribution in [0.3, 0.4) is 0 Å². The summed E-state index contributed by atoms with van der Waals surface area (Å²) in [4.78, 5) is 25.4. The van der Waals surface area contributed by atoms with Gasteiger partial charge in [-0.25, -0.2) is 4.79 Å². The highest BCUT2D eigenvalue weighted by Gasteiger charge is 2.41. The normalized spacial score (nSPS) is 18.3. The first kappa shape index (κ1) is 16.5. The Balaban J connectivity index is 2.32. The van der Waals surface area contributed by atoms with Crippen molar-refractivity contribution in [1.82, 2.24) is 4.90 Å². The molecule has 0 aliphatic carbocycles. The number of benzene rings is 1. The van der Waals surface area contributed by atoms with E-state index < -0.39 is 17.9 Å². The highest BCUT2D eigenvalue weighted by molar-refractivity contribution is 8.26. The lowest BCUT2D eigenvalue weighted by Crippen LogP contribution is -2.47. The molecule has 0 saturated carbocycles. The first-order chi connectivity index (χ1) is 10.3. The number of amides is 1. The van der Waals surface area contributed by atoms with Gasteiger partial charge in [0.2, 0.25) is 0 Å². The quantitative estimate of drug-likeness (QED) is 0.650. The number of aromatic hydroxyl groups is 1. The van der Waals surface area contributed by atoms with Gasteiger partial charge in [-0.05, 0) is 29.7 Å². The molecule has 1 aliphatic heterocycles. The number of phenols is 1.